The van der Waals surface area contributed by atoms with Gasteiger partial charge in [0.15, 0.2) is 5.82 Å². The fourth-order valence-corrected chi connectivity index (χ4v) is 2.31. The van der Waals surface area contributed by atoms with Gasteiger partial charge in [-0.3, -0.25) is 0 Å². The maximum absolute atomic E-state index is 5.82. The van der Waals surface area contributed by atoms with Gasteiger partial charge in [0, 0.05) is 13.0 Å². The van der Waals surface area contributed by atoms with Gasteiger partial charge >= 0.3 is 0 Å². The Bertz CT molecular complexity index is 565. The van der Waals surface area contributed by atoms with Gasteiger partial charge in [-0.05, 0) is 32.8 Å². The van der Waals surface area contributed by atoms with Crippen LogP contribution in [0.4, 0.5) is 0 Å². The molecule has 0 aliphatic carbocycles. The summed E-state index contributed by atoms with van der Waals surface area (Å²) < 4.78 is 5.40. The Morgan fingerprint density at radius 3 is 2.40 bits per heavy atom. The van der Waals surface area contributed by atoms with E-state index < -0.39 is 0 Å². The van der Waals surface area contributed by atoms with Crippen molar-refractivity contribution in [2.45, 2.75) is 46.0 Å². The predicted molar refractivity (Wildman–Crippen MR) is 79.7 cm³/mol. The van der Waals surface area contributed by atoms with Gasteiger partial charge < -0.3 is 10.3 Å². The molecule has 1 unspecified atom stereocenters. The molecule has 2 aromatic rings. The van der Waals surface area contributed by atoms with Gasteiger partial charge in [0.25, 0.3) is 0 Å². The molecule has 0 bridgehead atoms. The second kappa shape index (κ2) is 5.75. The van der Waals surface area contributed by atoms with E-state index in [-0.39, 0.29) is 5.41 Å². The van der Waals surface area contributed by atoms with E-state index in [2.05, 4.69) is 56.0 Å². The van der Waals surface area contributed by atoms with Crippen molar-refractivity contribution in [2.24, 2.45) is 5.73 Å². The van der Waals surface area contributed by atoms with Crippen molar-refractivity contribution in [3.05, 3.63) is 46.6 Å². The van der Waals surface area contributed by atoms with Crippen molar-refractivity contribution in [2.75, 3.05) is 6.54 Å². The third-order valence-electron chi connectivity index (χ3n) is 3.86. The zero-order chi connectivity index (χ0) is 14.8. The van der Waals surface area contributed by atoms with E-state index in [0.29, 0.717) is 18.9 Å². The molecule has 2 rings (SSSR count). The maximum Gasteiger partial charge on any atom is 0.233 e. The fraction of sp³-hybridized carbons (Fsp3) is 0.500. The van der Waals surface area contributed by atoms with Crippen LogP contribution in [-0.2, 0) is 11.8 Å². The van der Waals surface area contributed by atoms with Crippen molar-refractivity contribution in [1.82, 2.24) is 10.1 Å². The molecule has 0 aliphatic heterocycles. The molecular formula is C16H23N3O. The van der Waals surface area contributed by atoms with Crippen LogP contribution < -0.4 is 5.73 Å². The van der Waals surface area contributed by atoms with Crippen molar-refractivity contribution >= 4 is 0 Å². The Morgan fingerprint density at radius 2 is 1.85 bits per heavy atom. The molecule has 0 saturated heterocycles. The largest absolute Gasteiger partial charge is 0.339 e. The Balaban J connectivity index is 2.21. The van der Waals surface area contributed by atoms with E-state index in [1.54, 1.807) is 0 Å². The summed E-state index contributed by atoms with van der Waals surface area (Å²) in [5, 5.41) is 4.09. The Labute approximate surface area is 120 Å². The van der Waals surface area contributed by atoms with E-state index in [1.165, 1.54) is 16.7 Å². The summed E-state index contributed by atoms with van der Waals surface area (Å²) >= 11 is 0. The molecule has 4 nitrogen and oxygen atoms in total. The van der Waals surface area contributed by atoms with Crippen LogP contribution in [0.5, 0.6) is 0 Å². The second-order valence-corrected chi connectivity index (χ2v) is 5.81. The molecule has 1 aromatic carbocycles. The lowest BCUT2D eigenvalue weighted by Crippen LogP contribution is -2.31. The topological polar surface area (TPSA) is 64.9 Å². The van der Waals surface area contributed by atoms with E-state index in [0.717, 1.165) is 12.2 Å². The third kappa shape index (κ3) is 3.07. The number of nitrogens with zero attached hydrogens (tertiary/aromatic N) is 2. The smallest absolute Gasteiger partial charge is 0.233 e. The molecule has 4 heteroatoms. The van der Waals surface area contributed by atoms with Gasteiger partial charge in [0.05, 0.1) is 5.41 Å². The summed E-state index contributed by atoms with van der Waals surface area (Å²) in [5.74, 6) is 1.36. The molecule has 2 N–H and O–H groups in total. The van der Waals surface area contributed by atoms with Crippen LogP contribution in [0.2, 0.25) is 0 Å². The van der Waals surface area contributed by atoms with E-state index in [1.807, 2.05) is 0 Å². The zero-order valence-corrected chi connectivity index (χ0v) is 12.7. The number of aromatic nitrogens is 2. The minimum absolute atomic E-state index is 0.228. The van der Waals surface area contributed by atoms with Crippen LogP contribution in [-0.4, -0.2) is 16.7 Å². The lowest BCUT2D eigenvalue weighted by atomic mass is 9.88. The third-order valence-corrected chi connectivity index (χ3v) is 3.86. The first-order chi connectivity index (χ1) is 9.46. The highest BCUT2D eigenvalue weighted by Gasteiger charge is 2.29. The van der Waals surface area contributed by atoms with Crippen LogP contribution >= 0.6 is 0 Å². The molecule has 0 amide bonds. The molecule has 20 heavy (non-hydrogen) atoms. The summed E-state index contributed by atoms with van der Waals surface area (Å²) in [6.45, 7) is 8.85. The van der Waals surface area contributed by atoms with Crippen molar-refractivity contribution in [3.63, 3.8) is 0 Å². The number of benzene rings is 1. The quantitative estimate of drug-likeness (QED) is 0.909. The number of aryl methyl sites for hydroxylation is 2. The van der Waals surface area contributed by atoms with Gasteiger partial charge in [-0.2, -0.15) is 4.98 Å². The molecule has 0 spiro atoms. The lowest BCUT2D eigenvalue weighted by molar-refractivity contribution is 0.289. The Morgan fingerprint density at radius 1 is 1.20 bits per heavy atom. The minimum atomic E-state index is -0.228. The van der Waals surface area contributed by atoms with E-state index in [4.69, 9.17) is 10.3 Å². The van der Waals surface area contributed by atoms with E-state index in [9.17, 15) is 0 Å². The second-order valence-electron chi connectivity index (χ2n) is 5.81. The average molecular weight is 273 g/mol. The van der Waals surface area contributed by atoms with Crippen molar-refractivity contribution < 1.29 is 4.52 Å². The zero-order valence-electron chi connectivity index (χ0n) is 12.7. The Kier molecular flexibility index (Phi) is 4.23. The monoisotopic (exact) mass is 273 g/mol. The normalized spacial score (nSPS) is 14.2. The molecular weight excluding hydrogens is 250 g/mol. The minimum Gasteiger partial charge on any atom is -0.339 e. The van der Waals surface area contributed by atoms with Gasteiger partial charge in [-0.25, -0.2) is 0 Å². The molecule has 108 valence electrons. The SMILES string of the molecule is CCC(C)(CN)c1nc(Cc2cc(C)cc(C)c2)no1. The standard InChI is InChI=1S/C16H23N3O/c1-5-16(4,10-17)15-18-14(19-20-15)9-13-7-11(2)6-12(3)8-13/h6-8H,5,9-10,17H2,1-4H3. The molecule has 0 aliphatic rings. The molecule has 0 saturated carbocycles. The van der Waals surface area contributed by atoms with Gasteiger partial charge in [-0.1, -0.05) is 41.4 Å². The van der Waals surface area contributed by atoms with Crippen LogP contribution in [0.3, 0.4) is 0 Å². The fourth-order valence-electron chi connectivity index (χ4n) is 2.31. The molecule has 1 atom stereocenters. The van der Waals surface area contributed by atoms with Gasteiger partial charge in [0.2, 0.25) is 5.89 Å². The van der Waals surface area contributed by atoms with Crippen LogP contribution in [0, 0.1) is 13.8 Å². The highest BCUT2D eigenvalue weighted by Crippen LogP contribution is 2.25. The maximum atomic E-state index is 5.82. The highest BCUT2D eigenvalue weighted by atomic mass is 16.5. The molecule has 1 heterocycles. The number of hydrogen-bond acceptors (Lipinski definition) is 4. The van der Waals surface area contributed by atoms with Gasteiger partial charge in [-0.15, -0.1) is 0 Å². The van der Waals surface area contributed by atoms with E-state index >= 15 is 0 Å². The molecule has 0 fully saturated rings. The summed E-state index contributed by atoms with van der Waals surface area (Å²) in [6, 6.07) is 6.48. The van der Waals surface area contributed by atoms with Gasteiger partial charge in [0.1, 0.15) is 0 Å². The average Bonchev–Trinajstić information content (AvgIpc) is 2.85. The van der Waals surface area contributed by atoms with Crippen molar-refractivity contribution in [1.29, 1.82) is 0 Å². The van der Waals surface area contributed by atoms with Crippen LogP contribution in [0.25, 0.3) is 0 Å². The first-order valence-electron chi connectivity index (χ1n) is 7.07. The van der Waals surface area contributed by atoms with Crippen LogP contribution in [0.15, 0.2) is 22.7 Å². The summed E-state index contributed by atoms with van der Waals surface area (Å²) in [7, 11) is 0. The molecule has 1 aromatic heterocycles. The highest BCUT2D eigenvalue weighted by molar-refractivity contribution is 5.30. The van der Waals surface area contributed by atoms with Crippen molar-refractivity contribution in [3.8, 4) is 0 Å². The number of rotatable bonds is 5. The molecule has 0 radical (unpaired) electrons. The first kappa shape index (κ1) is 14.7. The summed E-state index contributed by atoms with van der Waals surface area (Å²) in [5.41, 5.74) is 9.31. The van der Waals surface area contributed by atoms with Crippen LogP contribution in [0.1, 0.15) is 48.7 Å². The summed E-state index contributed by atoms with van der Waals surface area (Å²) in [4.78, 5) is 4.52. The number of hydrogen-bond donors (Lipinski definition) is 1. The lowest BCUT2D eigenvalue weighted by Gasteiger charge is -2.20. The predicted octanol–water partition coefficient (Wildman–Crippen LogP) is 2.90. The summed E-state index contributed by atoms with van der Waals surface area (Å²) in [6.07, 6.45) is 1.57. The first-order valence-corrected chi connectivity index (χ1v) is 7.07. The number of nitrogens with two attached hydrogens (primary N) is 1. The Hall–Kier alpha value is -1.68.